The third-order valence-corrected chi connectivity index (χ3v) is 4.43. The second-order valence-corrected chi connectivity index (χ2v) is 7.20. The number of carbonyl (C=O) groups is 1. The van der Waals surface area contributed by atoms with Gasteiger partial charge in [0.05, 0.1) is 0 Å². The van der Waals surface area contributed by atoms with Crippen LogP contribution in [0.3, 0.4) is 0 Å². The predicted molar refractivity (Wildman–Crippen MR) is 85.2 cm³/mol. The number of halogens is 16. The summed E-state index contributed by atoms with van der Waals surface area (Å²) in [6.45, 7) is 2.50. The van der Waals surface area contributed by atoms with Gasteiger partial charge in [0.15, 0.2) is 0 Å². The van der Waals surface area contributed by atoms with E-state index in [1.54, 1.807) is 0 Å². The summed E-state index contributed by atoms with van der Waals surface area (Å²) < 4.78 is 213. The maximum absolute atomic E-state index is 13.9. The first kappa shape index (κ1) is 30.6. The molecule has 0 aliphatic heterocycles. The predicted octanol–water partition coefficient (Wildman–Crippen LogP) is 6.95. The highest BCUT2D eigenvalue weighted by Crippen LogP contribution is 2.62. The fraction of sp³-hybridized carbons (Fsp3) is 0.588. The van der Waals surface area contributed by atoms with Gasteiger partial charge < -0.3 is 5.32 Å². The zero-order valence-corrected chi connectivity index (χ0v) is 16.8. The number of benzene rings is 1. The van der Waals surface area contributed by atoms with Crippen molar-refractivity contribution in [2.24, 2.45) is 0 Å². The van der Waals surface area contributed by atoms with Crippen molar-refractivity contribution in [3.05, 3.63) is 29.3 Å². The van der Waals surface area contributed by atoms with Crippen LogP contribution in [-0.2, 0) is 4.79 Å². The maximum Gasteiger partial charge on any atom is 0.393 e. The lowest BCUT2D eigenvalue weighted by Gasteiger charge is -2.42. The Balaban J connectivity index is 3.56. The molecule has 1 rings (SSSR count). The molecule has 0 unspecified atom stereocenters. The number of carbonyl (C=O) groups excluding carboxylic acids is 1. The summed E-state index contributed by atoms with van der Waals surface area (Å²) in [4.78, 5) is 11.5. The van der Waals surface area contributed by atoms with Crippen molar-refractivity contribution in [1.29, 1.82) is 0 Å². The van der Waals surface area contributed by atoms with Gasteiger partial charge in [0.25, 0.3) is 0 Å². The van der Waals surface area contributed by atoms with Crippen LogP contribution in [0.5, 0.6) is 0 Å². The molecule has 0 aliphatic rings. The first-order valence-electron chi connectivity index (χ1n) is 8.56. The number of hydrogen-bond acceptors (Lipinski definition) is 1. The number of alkyl halides is 16. The Labute approximate surface area is 184 Å². The molecule has 18 heteroatoms. The highest BCUT2D eigenvalue weighted by Gasteiger charge is 2.94. The zero-order chi connectivity index (χ0) is 28.2. The molecule has 0 atom stereocenters. The Morgan fingerprint density at radius 3 is 1.34 bits per heavy atom. The quantitative estimate of drug-likeness (QED) is 0.332. The smallest absolute Gasteiger partial charge is 0.321 e. The van der Waals surface area contributed by atoms with Crippen LogP contribution in [0.4, 0.5) is 75.9 Å². The van der Waals surface area contributed by atoms with E-state index >= 15 is 0 Å². The van der Waals surface area contributed by atoms with Crippen LogP contribution in [0.2, 0.25) is 0 Å². The molecular formula is C17H11F16NO. The number of amides is 1. The monoisotopic (exact) mass is 549 g/mol. The highest BCUT2D eigenvalue weighted by molar-refractivity contribution is 5.97. The minimum absolute atomic E-state index is 0.147. The molecule has 0 heterocycles. The topological polar surface area (TPSA) is 29.1 Å². The van der Waals surface area contributed by atoms with Crippen LogP contribution in [0, 0.1) is 13.8 Å². The van der Waals surface area contributed by atoms with Gasteiger partial charge in [-0.3, -0.25) is 4.79 Å². The summed E-state index contributed by atoms with van der Waals surface area (Å²) >= 11 is 0. The molecule has 202 valence electrons. The van der Waals surface area contributed by atoms with Gasteiger partial charge in [0.1, 0.15) is 0 Å². The van der Waals surface area contributed by atoms with Gasteiger partial charge in [-0.1, -0.05) is 6.07 Å². The summed E-state index contributed by atoms with van der Waals surface area (Å²) in [5.41, 5.74) is -0.519. The number of anilines is 1. The molecule has 0 fully saturated rings. The average molecular weight is 549 g/mol. The molecule has 0 radical (unpaired) electrons. The van der Waals surface area contributed by atoms with E-state index in [0.717, 1.165) is 17.4 Å². The molecule has 0 bridgehead atoms. The summed E-state index contributed by atoms with van der Waals surface area (Å²) in [5.74, 6) is -59.7. The highest BCUT2D eigenvalue weighted by atomic mass is 19.4. The third kappa shape index (κ3) is 4.36. The molecule has 0 saturated heterocycles. The van der Waals surface area contributed by atoms with Crippen molar-refractivity contribution in [3.63, 3.8) is 0 Å². The van der Waals surface area contributed by atoms with E-state index in [-0.39, 0.29) is 11.1 Å². The molecule has 1 N–H and O–H groups in total. The van der Waals surface area contributed by atoms with Crippen molar-refractivity contribution in [2.75, 3.05) is 5.32 Å². The fourth-order valence-electron chi connectivity index (χ4n) is 2.53. The van der Waals surface area contributed by atoms with Crippen molar-refractivity contribution >= 4 is 11.6 Å². The van der Waals surface area contributed by atoms with Crippen LogP contribution >= 0.6 is 0 Å². The lowest BCUT2D eigenvalue weighted by molar-refractivity contribution is -0.443. The maximum atomic E-state index is 13.9. The number of hydrogen-bond donors (Lipinski definition) is 1. The van der Waals surface area contributed by atoms with E-state index in [9.17, 15) is 75.0 Å². The molecule has 0 aromatic heterocycles. The lowest BCUT2D eigenvalue weighted by atomic mass is 9.89. The standard InChI is InChI=1S/C17H11F16NO/c1-6-3-7(2)5-8(4-6)34-10(35)12(22,23)14(26,27)16(30,31)17(32,33)15(28,29)13(24,25)11(20,21)9(18)19/h3-5,9H,1-2H3,(H,34,35). The Hall–Kier alpha value is -2.43. The molecule has 35 heavy (non-hydrogen) atoms. The van der Waals surface area contributed by atoms with Crippen LogP contribution in [0.25, 0.3) is 0 Å². The minimum atomic E-state index is -8.55. The summed E-state index contributed by atoms with van der Waals surface area (Å²) in [5, 5.41) is 0.900. The van der Waals surface area contributed by atoms with E-state index in [1.807, 2.05) is 0 Å². The molecular weight excluding hydrogens is 538 g/mol. The van der Waals surface area contributed by atoms with Crippen LogP contribution in [0.15, 0.2) is 18.2 Å². The molecule has 1 aromatic carbocycles. The van der Waals surface area contributed by atoms with Gasteiger partial charge in [-0.05, 0) is 37.1 Å². The third-order valence-electron chi connectivity index (χ3n) is 4.43. The van der Waals surface area contributed by atoms with E-state index in [2.05, 4.69) is 0 Å². The normalized spacial score (nSPS) is 14.9. The van der Waals surface area contributed by atoms with Crippen molar-refractivity contribution in [1.82, 2.24) is 0 Å². The Morgan fingerprint density at radius 1 is 0.629 bits per heavy atom. The van der Waals surface area contributed by atoms with E-state index in [1.165, 1.54) is 19.9 Å². The fourth-order valence-corrected chi connectivity index (χ4v) is 2.53. The summed E-state index contributed by atoms with van der Waals surface area (Å²) in [6.07, 6.45) is -5.92. The molecule has 0 spiro atoms. The first-order valence-corrected chi connectivity index (χ1v) is 8.56. The van der Waals surface area contributed by atoms with Gasteiger partial charge in [-0.25, -0.2) is 8.78 Å². The van der Waals surface area contributed by atoms with Crippen LogP contribution in [0.1, 0.15) is 11.1 Å². The Bertz CT molecular complexity index is 935. The van der Waals surface area contributed by atoms with E-state index in [0.29, 0.717) is 0 Å². The molecule has 2 nitrogen and oxygen atoms in total. The van der Waals surface area contributed by atoms with Crippen molar-refractivity contribution in [2.45, 2.75) is 61.7 Å². The van der Waals surface area contributed by atoms with Gasteiger partial charge in [-0.2, -0.15) is 61.5 Å². The molecule has 1 aromatic rings. The van der Waals surface area contributed by atoms with Gasteiger partial charge in [-0.15, -0.1) is 0 Å². The SMILES string of the molecule is Cc1cc(C)cc(NC(=O)C(F)(F)C(F)(F)C(F)(F)C(F)(F)C(F)(F)C(F)(F)C(F)(F)C(F)F)c1. The molecule has 1 amide bonds. The first-order chi connectivity index (χ1) is 15.2. The van der Waals surface area contributed by atoms with Crippen LogP contribution in [-0.4, -0.2) is 53.8 Å². The van der Waals surface area contributed by atoms with E-state index < -0.39 is 59.5 Å². The van der Waals surface area contributed by atoms with Gasteiger partial charge >= 0.3 is 53.8 Å². The molecule has 0 aliphatic carbocycles. The second-order valence-electron chi connectivity index (χ2n) is 7.20. The average Bonchev–Trinajstić information content (AvgIpc) is 2.65. The zero-order valence-electron chi connectivity index (χ0n) is 16.8. The largest absolute Gasteiger partial charge is 0.393 e. The number of rotatable bonds is 9. The minimum Gasteiger partial charge on any atom is -0.321 e. The second kappa shape index (κ2) is 8.60. The Kier molecular flexibility index (Phi) is 7.52. The number of nitrogens with one attached hydrogen (secondary N) is 1. The van der Waals surface area contributed by atoms with Crippen molar-refractivity contribution in [3.8, 4) is 0 Å². The van der Waals surface area contributed by atoms with Gasteiger partial charge in [0.2, 0.25) is 0 Å². The van der Waals surface area contributed by atoms with Gasteiger partial charge in [0, 0.05) is 5.69 Å². The summed E-state index contributed by atoms with van der Waals surface area (Å²) in [7, 11) is 0. The molecule has 0 saturated carbocycles. The lowest BCUT2D eigenvalue weighted by Crippen LogP contribution is -2.74. The van der Waals surface area contributed by atoms with Crippen LogP contribution < -0.4 is 5.32 Å². The number of aryl methyl sites for hydroxylation is 2. The Morgan fingerprint density at radius 2 is 0.971 bits per heavy atom. The summed E-state index contributed by atoms with van der Waals surface area (Å²) in [6, 6.07) is 2.86. The van der Waals surface area contributed by atoms with E-state index in [4.69, 9.17) is 0 Å². The van der Waals surface area contributed by atoms with Crippen molar-refractivity contribution < 1.29 is 75.0 Å².